The Balaban J connectivity index is 1.61. The highest BCUT2D eigenvalue weighted by Gasteiger charge is 2.35. The fraction of sp³-hybridized carbons (Fsp3) is 0.429. The van der Waals surface area contributed by atoms with E-state index in [0.717, 1.165) is 71.8 Å². The van der Waals surface area contributed by atoms with Gasteiger partial charge in [-0.05, 0) is 88.0 Å². The van der Waals surface area contributed by atoms with Crippen LogP contribution < -0.4 is 4.90 Å². The lowest BCUT2D eigenvalue weighted by molar-refractivity contribution is 0.0967. The zero-order chi connectivity index (χ0) is 24.9. The number of pyridine rings is 1. The van der Waals surface area contributed by atoms with E-state index in [-0.39, 0.29) is 27.5 Å². The molecule has 0 spiro atoms. The molecule has 1 N–H and O–H groups in total. The van der Waals surface area contributed by atoms with Crippen LogP contribution in [0.5, 0.6) is 5.75 Å². The van der Waals surface area contributed by atoms with E-state index in [1.54, 1.807) is 18.3 Å². The lowest BCUT2D eigenvalue weighted by atomic mass is 9.88. The van der Waals surface area contributed by atoms with Crippen LogP contribution in [0.15, 0.2) is 36.5 Å². The number of ketones is 1. The molecule has 35 heavy (non-hydrogen) atoms. The number of aromatic nitrogens is 1. The minimum atomic E-state index is -0.120. The molecule has 1 aromatic heterocycles. The zero-order valence-corrected chi connectivity index (χ0v) is 21.9. The van der Waals surface area contributed by atoms with E-state index in [0.29, 0.717) is 12.1 Å². The number of rotatable bonds is 6. The van der Waals surface area contributed by atoms with Crippen LogP contribution in [0.4, 0.5) is 5.69 Å². The number of halogens is 2. The number of hydrogen-bond acceptors (Lipinski definition) is 5. The Hall–Kier alpha value is -2.34. The van der Waals surface area contributed by atoms with E-state index in [4.69, 9.17) is 23.2 Å². The molecular formula is C28H31Cl2N3O2. The minimum Gasteiger partial charge on any atom is -0.505 e. The van der Waals surface area contributed by atoms with Crippen molar-refractivity contribution in [2.45, 2.75) is 50.6 Å². The molecule has 0 unspecified atom stereocenters. The first-order valence-corrected chi connectivity index (χ1v) is 13.0. The molecular weight excluding hydrogens is 481 g/mol. The van der Waals surface area contributed by atoms with Gasteiger partial charge < -0.3 is 14.9 Å². The number of phenolic OH excluding ortho intramolecular Hbond substituents is 1. The molecule has 0 amide bonds. The third-order valence-electron chi connectivity index (χ3n) is 7.70. The number of carbonyl (C=O) groups is 1. The average Bonchev–Trinajstić information content (AvgIpc) is 3.71. The molecule has 0 bridgehead atoms. The molecule has 5 rings (SSSR count). The molecule has 7 heteroatoms. The molecule has 2 aliphatic rings. The molecule has 2 aromatic carbocycles. The molecule has 0 aliphatic heterocycles. The Labute approximate surface area is 216 Å². The smallest absolute Gasteiger partial charge is 0.169 e. The fourth-order valence-corrected chi connectivity index (χ4v) is 5.85. The highest BCUT2D eigenvalue weighted by Crippen LogP contribution is 2.42. The van der Waals surface area contributed by atoms with Gasteiger partial charge >= 0.3 is 0 Å². The summed E-state index contributed by atoms with van der Waals surface area (Å²) in [6.45, 7) is 0. The molecule has 2 saturated carbocycles. The topological polar surface area (TPSA) is 56.7 Å². The lowest BCUT2D eigenvalue weighted by Crippen LogP contribution is -2.41. The second kappa shape index (κ2) is 9.61. The molecule has 0 atom stereocenters. The van der Waals surface area contributed by atoms with Gasteiger partial charge in [-0.15, -0.1) is 0 Å². The summed E-state index contributed by atoms with van der Waals surface area (Å²) in [5, 5.41) is 11.4. The largest absolute Gasteiger partial charge is 0.505 e. The summed E-state index contributed by atoms with van der Waals surface area (Å²) in [6, 6.07) is 10.4. The molecule has 5 nitrogen and oxygen atoms in total. The number of phenols is 1. The first kappa shape index (κ1) is 24.4. The first-order valence-electron chi connectivity index (χ1n) is 12.3. The Morgan fingerprint density at radius 1 is 0.914 bits per heavy atom. The van der Waals surface area contributed by atoms with Crippen molar-refractivity contribution in [2.24, 2.45) is 5.92 Å². The standard InChI is InChI=1S/C28H31Cl2N3O2/c1-32(2)19-7-9-20(10-8-19)33(3)26-21-12-17(18-13-23(29)28(35)24(30)14-18)6-11-25(21)31-15-22(26)27(34)16-4-5-16/h6,11-16,19-20,35H,4-5,7-10H2,1-3H3. The fourth-order valence-electron chi connectivity index (χ4n) is 5.36. The quantitative estimate of drug-likeness (QED) is 0.368. The van der Waals surface area contributed by atoms with Crippen LogP contribution in [0.2, 0.25) is 10.0 Å². The molecule has 184 valence electrons. The Morgan fingerprint density at radius 3 is 2.14 bits per heavy atom. The first-order chi connectivity index (χ1) is 16.7. The Morgan fingerprint density at radius 2 is 1.54 bits per heavy atom. The minimum absolute atomic E-state index is 0.115. The summed E-state index contributed by atoms with van der Waals surface area (Å²) in [5.74, 6) is 0.193. The van der Waals surface area contributed by atoms with E-state index in [9.17, 15) is 9.90 Å². The third-order valence-corrected chi connectivity index (χ3v) is 8.28. The number of fused-ring (bicyclic) bond motifs is 1. The van der Waals surface area contributed by atoms with Crippen LogP contribution in [0.3, 0.4) is 0 Å². The lowest BCUT2D eigenvalue weighted by Gasteiger charge is -2.39. The summed E-state index contributed by atoms with van der Waals surface area (Å²) >= 11 is 12.4. The summed E-state index contributed by atoms with van der Waals surface area (Å²) in [6.07, 6.45) is 8.15. The maximum Gasteiger partial charge on any atom is 0.169 e. The van der Waals surface area contributed by atoms with Crippen molar-refractivity contribution in [1.29, 1.82) is 0 Å². The summed E-state index contributed by atoms with van der Waals surface area (Å²) in [7, 11) is 6.43. The van der Waals surface area contributed by atoms with Gasteiger partial charge in [0.05, 0.1) is 26.8 Å². The van der Waals surface area contributed by atoms with Gasteiger partial charge in [-0.2, -0.15) is 0 Å². The summed E-state index contributed by atoms with van der Waals surface area (Å²) in [4.78, 5) is 22.7. The van der Waals surface area contributed by atoms with Crippen molar-refractivity contribution < 1.29 is 9.90 Å². The van der Waals surface area contributed by atoms with Crippen molar-refractivity contribution in [3.8, 4) is 16.9 Å². The number of carbonyl (C=O) groups excluding carboxylic acids is 1. The number of anilines is 1. The van der Waals surface area contributed by atoms with Crippen molar-refractivity contribution in [3.05, 3.63) is 52.1 Å². The molecule has 2 fully saturated rings. The van der Waals surface area contributed by atoms with Gasteiger partial charge in [0, 0.05) is 36.6 Å². The van der Waals surface area contributed by atoms with Gasteiger partial charge in [0.25, 0.3) is 0 Å². The molecule has 0 saturated heterocycles. The van der Waals surface area contributed by atoms with Gasteiger partial charge in [-0.1, -0.05) is 29.3 Å². The summed E-state index contributed by atoms with van der Waals surface area (Å²) < 4.78 is 0. The average molecular weight is 512 g/mol. The number of benzene rings is 2. The highest BCUT2D eigenvalue weighted by molar-refractivity contribution is 6.37. The zero-order valence-electron chi connectivity index (χ0n) is 20.4. The SMILES string of the molecule is CN(C)C1CCC(N(C)c2c(C(=O)C3CC3)cnc3ccc(-c4cc(Cl)c(O)c(Cl)c4)cc23)CC1. The van der Waals surface area contributed by atoms with Crippen LogP contribution in [0.1, 0.15) is 48.9 Å². The second-order valence-electron chi connectivity index (χ2n) is 10.2. The van der Waals surface area contributed by atoms with Gasteiger partial charge in [0.2, 0.25) is 0 Å². The summed E-state index contributed by atoms with van der Waals surface area (Å²) in [5.41, 5.74) is 4.25. The van der Waals surface area contributed by atoms with Crippen molar-refractivity contribution >= 4 is 45.6 Å². The van der Waals surface area contributed by atoms with E-state index in [1.807, 2.05) is 12.1 Å². The van der Waals surface area contributed by atoms with Crippen molar-refractivity contribution in [3.63, 3.8) is 0 Å². The molecule has 1 heterocycles. The number of Topliss-reactive ketones (excluding diaryl/α,β-unsaturated/α-hetero) is 1. The van der Waals surface area contributed by atoms with Gasteiger partial charge in [0.1, 0.15) is 0 Å². The second-order valence-corrected chi connectivity index (χ2v) is 11.0. The van der Waals surface area contributed by atoms with Crippen LogP contribution >= 0.6 is 23.2 Å². The predicted molar refractivity (Wildman–Crippen MR) is 144 cm³/mol. The molecule has 3 aromatic rings. The maximum absolute atomic E-state index is 13.3. The van der Waals surface area contributed by atoms with E-state index < -0.39 is 0 Å². The predicted octanol–water partition coefficient (Wildman–Crippen LogP) is 6.82. The van der Waals surface area contributed by atoms with E-state index >= 15 is 0 Å². The monoisotopic (exact) mass is 511 g/mol. The third kappa shape index (κ3) is 4.74. The maximum atomic E-state index is 13.3. The van der Waals surface area contributed by atoms with E-state index in [2.05, 4.69) is 42.0 Å². The van der Waals surface area contributed by atoms with Crippen LogP contribution in [-0.2, 0) is 0 Å². The molecule has 2 aliphatic carbocycles. The van der Waals surface area contributed by atoms with Gasteiger partial charge in [-0.3, -0.25) is 9.78 Å². The van der Waals surface area contributed by atoms with Gasteiger partial charge in [-0.25, -0.2) is 0 Å². The van der Waals surface area contributed by atoms with Crippen LogP contribution in [-0.4, -0.2) is 54.0 Å². The van der Waals surface area contributed by atoms with Crippen LogP contribution in [0, 0.1) is 5.92 Å². The molecule has 0 radical (unpaired) electrons. The highest BCUT2D eigenvalue weighted by atomic mass is 35.5. The van der Waals surface area contributed by atoms with Gasteiger partial charge in [0.15, 0.2) is 11.5 Å². The van der Waals surface area contributed by atoms with Crippen molar-refractivity contribution in [2.75, 3.05) is 26.0 Å². The Kier molecular flexibility index (Phi) is 6.69. The van der Waals surface area contributed by atoms with E-state index in [1.165, 1.54) is 0 Å². The number of aromatic hydroxyl groups is 1. The Bertz CT molecular complexity index is 1260. The van der Waals surface area contributed by atoms with Crippen LogP contribution in [0.25, 0.3) is 22.0 Å². The number of nitrogens with zero attached hydrogens (tertiary/aromatic N) is 3. The number of hydrogen-bond donors (Lipinski definition) is 1. The van der Waals surface area contributed by atoms with Crippen molar-refractivity contribution in [1.82, 2.24) is 9.88 Å². The normalized spacial score (nSPS) is 20.4.